The van der Waals surface area contributed by atoms with Crippen molar-refractivity contribution in [1.82, 2.24) is 4.90 Å². The molecule has 0 aliphatic heterocycles. The van der Waals surface area contributed by atoms with E-state index in [1.54, 1.807) is 34.6 Å². The first-order chi connectivity index (χ1) is 15.0. The number of rotatable bonds is 14. The molecule has 0 saturated carbocycles. The molecule has 0 rings (SSSR count). The van der Waals surface area contributed by atoms with E-state index in [0.29, 0.717) is 43.4 Å². The molecule has 1 amide bonds. The quantitative estimate of drug-likeness (QED) is 0.147. The summed E-state index contributed by atoms with van der Waals surface area (Å²) >= 11 is 6.66. The minimum Gasteiger partial charge on any atom is -0.479 e. The van der Waals surface area contributed by atoms with E-state index < -0.39 is 11.7 Å². The summed E-state index contributed by atoms with van der Waals surface area (Å²) in [5.74, 6) is -0.587. The van der Waals surface area contributed by atoms with Crippen LogP contribution in [0.2, 0.25) is 0 Å². The molecule has 0 radical (unpaired) electrons. The fourth-order valence-electron chi connectivity index (χ4n) is 2.64. The molecule has 0 aromatic rings. The van der Waals surface area contributed by atoms with Gasteiger partial charge in [-0.1, -0.05) is 18.2 Å². The van der Waals surface area contributed by atoms with E-state index in [1.165, 1.54) is 16.7 Å². The molecule has 0 fully saturated rings. The summed E-state index contributed by atoms with van der Waals surface area (Å²) < 4.78 is 21.3. The molecule has 0 saturated heterocycles. The zero-order chi connectivity index (χ0) is 24.6. The van der Waals surface area contributed by atoms with Crippen molar-refractivity contribution in [3.8, 4) is 0 Å². The Morgan fingerprint density at radius 3 is 2.00 bits per heavy atom. The highest BCUT2D eigenvalue weighted by Crippen LogP contribution is 2.23. The molecule has 0 aromatic carbocycles. The van der Waals surface area contributed by atoms with E-state index in [-0.39, 0.29) is 36.8 Å². The first kappa shape index (κ1) is 30.4. The molecular weight excluding hydrogens is 454 g/mol. The van der Waals surface area contributed by atoms with Gasteiger partial charge in [-0.15, -0.1) is 0 Å². The van der Waals surface area contributed by atoms with Crippen molar-refractivity contribution in [2.45, 2.75) is 84.5 Å². The summed E-state index contributed by atoms with van der Waals surface area (Å²) in [7, 11) is 0. The molecule has 1 unspecified atom stereocenters. The third-order valence-corrected chi connectivity index (χ3v) is 5.39. The number of hydrogen-bond donors (Lipinski definition) is 0. The smallest absolute Gasteiger partial charge is 0.410 e. The lowest BCUT2D eigenvalue weighted by molar-refractivity contribution is -0.144. The topological polar surface area (TPSA) is 91.4 Å². The summed E-state index contributed by atoms with van der Waals surface area (Å²) in [6, 6.07) is 0. The molecule has 8 nitrogen and oxygen atoms in total. The number of hydrogen-bond acceptors (Lipinski definition) is 9. The normalized spacial score (nSPS) is 11.9. The van der Waals surface area contributed by atoms with Gasteiger partial charge in [-0.25, -0.2) is 4.79 Å². The Morgan fingerprint density at radius 2 is 1.47 bits per heavy atom. The summed E-state index contributed by atoms with van der Waals surface area (Å²) in [6.07, 6.45) is 2.05. The maximum absolute atomic E-state index is 12.8. The van der Waals surface area contributed by atoms with Gasteiger partial charge in [0.05, 0.1) is 26.2 Å². The van der Waals surface area contributed by atoms with Crippen molar-refractivity contribution in [2.24, 2.45) is 0 Å². The zero-order valence-corrected chi connectivity index (χ0v) is 21.9. The van der Waals surface area contributed by atoms with Crippen molar-refractivity contribution in [1.29, 1.82) is 0 Å². The predicted octanol–water partition coefficient (Wildman–Crippen LogP) is 4.72. The lowest BCUT2D eigenvalue weighted by Gasteiger charge is -2.30. The first-order valence-electron chi connectivity index (χ1n) is 11.1. The lowest BCUT2D eigenvalue weighted by atomic mass is 10.1. The largest absolute Gasteiger partial charge is 0.479 e. The molecule has 186 valence electrons. The third-order valence-electron chi connectivity index (χ3n) is 3.95. The first-order valence-corrected chi connectivity index (χ1v) is 12.4. The van der Waals surface area contributed by atoms with Crippen molar-refractivity contribution in [2.75, 3.05) is 32.9 Å². The maximum Gasteiger partial charge on any atom is 0.410 e. The van der Waals surface area contributed by atoms with Crippen LogP contribution in [0.1, 0.15) is 73.6 Å². The van der Waals surface area contributed by atoms with Gasteiger partial charge in [-0.05, 0) is 66.6 Å². The Labute approximate surface area is 202 Å². The van der Waals surface area contributed by atoms with Gasteiger partial charge in [0.1, 0.15) is 5.60 Å². The van der Waals surface area contributed by atoms with Gasteiger partial charge in [0.25, 0.3) is 0 Å². The summed E-state index contributed by atoms with van der Waals surface area (Å²) in [6.45, 7) is 12.4. The number of thioether (sulfide) groups is 1. The average molecular weight is 494 g/mol. The summed E-state index contributed by atoms with van der Waals surface area (Å²) in [5, 5.41) is -0.0778. The molecule has 0 bridgehead atoms. The fraction of sp³-hybridized carbons (Fsp3) is 0.818. The van der Waals surface area contributed by atoms with E-state index >= 15 is 0 Å². The Hall–Kier alpha value is -1.55. The van der Waals surface area contributed by atoms with Crippen LogP contribution in [0.4, 0.5) is 4.79 Å². The number of unbranched alkanes of at least 4 members (excludes halogenated alkanes) is 1. The molecular formula is C22H39NO7S2. The van der Waals surface area contributed by atoms with E-state index in [2.05, 4.69) is 0 Å². The lowest BCUT2D eigenvalue weighted by Crippen LogP contribution is -2.41. The van der Waals surface area contributed by atoms with Crippen LogP contribution in [0.3, 0.4) is 0 Å². The van der Waals surface area contributed by atoms with Crippen molar-refractivity contribution in [3.05, 3.63) is 0 Å². The fourth-order valence-corrected chi connectivity index (χ4v) is 4.16. The molecule has 1 atom stereocenters. The molecule has 0 heterocycles. The molecule has 0 N–H and O–H groups in total. The highest BCUT2D eigenvalue weighted by Gasteiger charge is 2.26. The van der Waals surface area contributed by atoms with Crippen molar-refractivity contribution < 1.29 is 33.3 Å². The van der Waals surface area contributed by atoms with Crippen LogP contribution in [0.15, 0.2) is 0 Å². The molecule has 0 aliphatic carbocycles. The molecule has 10 heteroatoms. The number of carbonyl (C=O) groups excluding carboxylic acids is 3. The standard InChI is InChI=1S/C22H39NO7S2/c1-7-27-18(24)13-11-10-12-17(32-21(31)29-9-3)16-23(15-14-19(25)28-8-2)20(26)30-22(4,5)6/h17H,7-16H2,1-6H3. The van der Waals surface area contributed by atoms with Crippen LogP contribution in [-0.2, 0) is 28.5 Å². The van der Waals surface area contributed by atoms with Gasteiger partial charge >= 0.3 is 18.0 Å². The van der Waals surface area contributed by atoms with E-state index in [9.17, 15) is 14.4 Å². The number of nitrogens with zero attached hydrogens (tertiary/aromatic N) is 1. The minimum absolute atomic E-state index is 0.0727. The molecule has 0 spiro atoms. The minimum atomic E-state index is -0.665. The SMILES string of the molecule is CCOC(=O)CCCCC(CN(CCC(=O)OCC)C(=O)OC(C)(C)C)SC(=S)OCC. The summed E-state index contributed by atoms with van der Waals surface area (Å²) in [4.78, 5) is 37.7. The van der Waals surface area contributed by atoms with Gasteiger partial charge in [-0.2, -0.15) is 0 Å². The Balaban J connectivity index is 5.18. The zero-order valence-electron chi connectivity index (χ0n) is 20.3. The van der Waals surface area contributed by atoms with Crippen LogP contribution in [0.25, 0.3) is 0 Å². The van der Waals surface area contributed by atoms with E-state index in [1.807, 2.05) is 6.92 Å². The Kier molecular flexibility index (Phi) is 16.2. The highest BCUT2D eigenvalue weighted by atomic mass is 32.2. The number of amides is 1. The van der Waals surface area contributed by atoms with Crippen molar-refractivity contribution in [3.63, 3.8) is 0 Å². The second-order valence-electron chi connectivity index (χ2n) is 7.96. The Morgan fingerprint density at radius 1 is 0.906 bits per heavy atom. The maximum atomic E-state index is 12.8. The summed E-state index contributed by atoms with van der Waals surface area (Å²) in [5.41, 5.74) is -0.665. The average Bonchev–Trinajstić information content (AvgIpc) is 2.67. The Bertz CT molecular complexity index is 593. The molecule has 32 heavy (non-hydrogen) atoms. The van der Waals surface area contributed by atoms with Crippen LogP contribution >= 0.6 is 24.0 Å². The number of thiocarbonyl (C=S) groups is 1. The van der Waals surface area contributed by atoms with E-state index in [0.717, 1.165) is 6.42 Å². The van der Waals surface area contributed by atoms with Gasteiger partial charge in [-0.3, -0.25) is 9.59 Å². The van der Waals surface area contributed by atoms with Crippen LogP contribution in [-0.4, -0.2) is 71.1 Å². The number of esters is 2. The van der Waals surface area contributed by atoms with Crippen molar-refractivity contribution >= 4 is 46.4 Å². The highest BCUT2D eigenvalue weighted by molar-refractivity contribution is 8.23. The van der Waals surface area contributed by atoms with E-state index in [4.69, 9.17) is 31.2 Å². The van der Waals surface area contributed by atoms with Gasteiger partial charge < -0.3 is 23.8 Å². The monoisotopic (exact) mass is 493 g/mol. The number of ether oxygens (including phenoxy) is 4. The van der Waals surface area contributed by atoms with Crippen LogP contribution < -0.4 is 0 Å². The second-order valence-corrected chi connectivity index (χ2v) is 9.86. The second kappa shape index (κ2) is 17.0. The predicted molar refractivity (Wildman–Crippen MR) is 130 cm³/mol. The van der Waals surface area contributed by atoms with Gasteiger partial charge in [0.2, 0.25) is 4.38 Å². The molecule has 0 aliphatic rings. The van der Waals surface area contributed by atoms with Gasteiger partial charge in [0.15, 0.2) is 0 Å². The number of carbonyl (C=O) groups is 3. The van der Waals surface area contributed by atoms with Gasteiger partial charge in [0, 0.05) is 24.8 Å². The van der Waals surface area contributed by atoms with Crippen LogP contribution in [0.5, 0.6) is 0 Å². The third kappa shape index (κ3) is 16.1. The van der Waals surface area contributed by atoms with Crippen LogP contribution in [0, 0.1) is 0 Å². The molecule has 0 aromatic heterocycles.